The van der Waals surface area contributed by atoms with Gasteiger partial charge in [0.1, 0.15) is 18.3 Å². The van der Waals surface area contributed by atoms with Crippen LogP contribution in [0.15, 0.2) is 15.7 Å². The molecule has 2 aliphatic heterocycles. The Kier molecular flexibility index (Phi) is 17.2. The van der Waals surface area contributed by atoms with Crippen LogP contribution in [0.5, 0.6) is 0 Å². The Hall–Kier alpha value is -0.880. The fraction of sp³-hybridized carbons (Fsp3) is 0.833. The minimum absolute atomic E-state index is 0.314. The van der Waals surface area contributed by atoms with E-state index in [9.17, 15) is 42.5 Å². The van der Waals surface area contributed by atoms with Crippen LogP contribution < -0.4 is 11.2 Å². The average molecular weight is 774 g/mol. The molecule has 20 nitrogen and oxygen atoms in total. The molecule has 24 heteroatoms. The smallest absolute Gasteiger partial charge is 0.346 e. The number of hydrogen-bond acceptors (Lipinski definition) is 13. The number of nitrogens with zero attached hydrogens (tertiary/aromatic N) is 2. The van der Waals surface area contributed by atoms with Gasteiger partial charge >= 0.3 is 37.0 Å². The Morgan fingerprint density at radius 2 is 1.42 bits per heavy atom. The molecule has 3 unspecified atom stereocenters. The van der Waals surface area contributed by atoms with E-state index >= 15 is 0 Å². The van der Waals surface area contributed by atoms with Gasteiger partial charge in [-0.25, -0.2) is 27.6 Å². The van der Waals surface area contributed by atoms with Crippen LogP contribution in [0.4, 0.5) is 0 Å². The van der Waals surface area contributed by atoms with Crippen molar-refractivity contribution >= 4 is 31.3 Å². The lowest BCUT2D eigenvalue weighted by Gasteiger charge is -2.21. The Bertz CT molecular complexity index is 1430. The number of phosphoric acid groups is 4. The number of ether oxygens (including phenoxy) is 1. The summed E-state index contributed by atoms with van der Waals surface area (Å²) in [5.41, 5.74) is -1.51. The Morgan fingerprint density at radius 3 is 1.90 bits per heavy atom. The number of nitrogens with one attached hydrogen (secondary N) is 1. The molecule has 0 spiro atoms. The maximum atomic E-state index is 12.5. The van der Waals surface area contributed by atoms with Crippen molar-refractivity contribution in [3.05, 3.63) is 32.6 Å². The number of H-pyrrole nitrogens is 1. The first-order valence-corrected chi connectivity index (χ1v) is 21.5. The molecule has 0 aromatic carbocycles. The number of aromatic nitrogens is 2. The molecule has 0 bridgehead atoms. The van der Waals surface area contributed by atoms with E-state index in [2.05, 4.69) is 43.8 Å². The highest BCUT2D eigenvalue weighted by molar-refractivity contribution is 7.66. The number of hydrogen-bond donors (Lipinski definition) is 6. The maximum absolute atomic E-state index is 12.5. The van der Waals surface area contributed by atoms with Gasteiger partial charge in [0.25, 0.3) is 5.56 Å². The van der Waals surface area contributed by atoms with Crippen molar-refractivity contribution in [1.29, 1.82) is 0 Å². The van der Waals surface area contributed by atoms with Crippen molar-refractivity contribution in [3.8, 4) is 0 Å². The van der Waals surface area contributed by atoms with E-state index in [1.54, 1.807) is 6.92 Å². The van der Waals surface area contributed by atoms with E-state index in [-0.39, 0.29) is 0 Å². The van der Waals surface area contributed by atoms with Gasteiger partial charge in [-0.15, -0.1) is 0 Å². The molecular formula is C24H47N3O17P4. The van der Waals surface area contributed by atoms with Crippen LogP contribution in [0.25, 0.3) is 0 Å². The zero-order chi connectivity index (χ0) is 36.3. The van der Waals surface area contributed by atoms with Gasteiger partial charge in [-0.2, -0.15) is 8.62 Å². The van der Waals surface area contributed by atoms with Gasteiger partial charge < -0.3 is 39.1 Å². The Balaban J connectivity index is 0.000000521. The lowest BCUT2D eigenvalue weighted by molar-refractivity contribution is -0.0628. The van der Waals surface area contributed by atoms with Gasteiger partial charge in [-0.1, -0.05) is 53.4 Å². The van der Waals surface area contributed by atoms with Crippen molar-refractivity contribution in [2.24, 2.45) is 0 Å². The highest BCUT2D eigenvalue weighted by Crippen LogP contribution is 2.66. The second kappa shape index (κ2) is 19.1. The van der Waals surface area contributed by atoms with Crippen LogP contribution in [0.1, 0.15) is 84.6 Å². The van der Waals surface area contributed by atoms with Crippen molar-refractivity contribution in [2.45, 2.75) is 104 Å². The van der Waals surface area contributed by atoms with E-state index in [1.807, 2.05) is 0 Å². The third-order valence-electron chi connectivity index (χ3n) is 6.89. The monoisotopic (exact) mass is 773 g/mol. The number of aromatic amines is 1. The number of aryl methyl sites for hydroxylation is 1. The summed E-state index contributed by atoms with van der Waals surface area (Å²) in [6.07, 6.45) is 2.74. The van der Waals surface area contributed by atoms with E-state index < -0.39 is 73.7 Å². The third-order valence-corrected chi connectivity index (χ3v) is 11.7. The summed E-state index contributed by atoms with van der Waals surface area (Å²) >= 11 is 0. The molecule has 3 rings (SSSR count). The minimum atomic E-state index is -5.80. The summed E-state index contributed by atoms with van der Waals surface area (Å²) in [5, 5.41) is 0. The molecule has 48 heavy (non-hydrogen) atoms. The first-order valence-electron chi connectivity index (χ1n) is 15.5. The van der Waals surface area contributed by atoms with Crippen molar-refractivity contribution in [3.63, 3.8) is 0 Å². The first kappa shape index (κ1) is 43.3. The number of phosphoric ester groups is 2. The number of rotatable bonds is 19. The average Bonchev–Trinajstić information content (AvgIpc) is 3.42. The number of unbranched alkanes of at least 4 members (excludes halogenated alkanes) is 3. The van der Waals surface area contributed by atoms with Crippen LogP contribution in [0.2, 0.25) is 0 Å². The highest BCUT2D eigenvalue weighted by atomic mass is 31.3. The summed E-state index contributed by atoms with van der Waals surface area (Å²) in [7, 11) is -21.7. The highest BCUT2D eigenvalue weighted by Gasteiger charge is 2.59. The van der Waals surface area contributed by atoms with Crippen molar-refractivity contribution < 1.29 is 69.7 Å². The number of fused-ring (bicyclic) bond motifs is 1. The summed E-state index contributed by atoms with van der Waals surface area (Å²) in [4.78, 5) is 75.7. The predicted molar refractivity (Wildman–Crippen MR) is 170 cm³/mol. The van der Waals surface area contributed by atoms with E-state index in [0.29, 0.717) is 23.1 Å². The van der Waals surface area contributed by atoms with Gasteiger partial charge in [0.05, 0.1) is 6.61 Å². The summed E-state index contributed by atoms with van der Waals surface area (Å²) < 4.78 is 73.3. The van der Waals surface area contributed by atoms with Crippen LogP contribution in [0, 0.1) is 0 Å². The van der Waals surface area contributed by atoms with E-state index in [0.717, 1.165) is 6.07 Å². The standard InChI is InChI=1S/C12H20N2O17P4.C12H27N/c1-2-3-6-4-8(15)14(12(16)13-6)11-10-9(28-34(22,23)29-10)7(27-11)5-26-33(20,21)31-35(24,25)30-32(17,18)19;1-4-7-10-13(11-8-5-2)12-9-6-3/h4,7,9-11H,2-3,5H2,1H3,(H,13,16)(H,20,21)(H,22,23)(H,24,25)(H2,17,18,19);4-12H2,1-3H3/t7-,9-,10-,11-;/m1./s1. The lowest BCUT2D eigenvalue weighted by atomic mass is 10.1. The zero-order valence-corrected chi connectivity index (χ0v) is 30.8. The topological polar surface area (TPSA) is 283 Å². The summed E-state index contributed by atoms with van der Waals surface area (Å²) in [5.74, 6) is 0. The minimum Gasteiger partial charge on any atom is -0.346 e. The second-order valence-corrected chi connectivity index (χ2v) is 16.8. The second-order valence-electron chi connectivity index (χ2n) is 11.0. The van der Waals surface area contributed by atoms with Gasteiger partial charge in [0.2, 0.25) is 0 Å². The zero-order valence-electron chi connectivity index (χ0n) is 27.2. The van der Waals surface area contributed by atoms with Gasteiger partial charge in [-0.3, -0.25) is 18.4 Å². The van der Waals surface area contributed by atoms with Crippen molar-refractivity contribution in [2.75, 3.05) is 26.2 Å². The molecule has 2 fully saturated rings. The molecule has 3 heterocycles. The normalized spacial score (nSPS) is 26.5. The Labute approximate surface area is 277 Å². The predicted octanol–water partition coefficient (Wildman–Crippen LogP) is 3.30. The van der Waals surface area contributed by atoms with Crippen LogP contribution in [-0.2, 0) is 51.6 Å². The molecule has 0 saturated carbocycles. The molecule has 7 atom stereocenters. The fourth-order valence-electron chi connectivity index (χ4n) is 4.77. The molecule has 1 aromatic rings. The van der Waals surface area contributed by atoms with Gasteiger partial charge in [0.15, 0.2) is 6.23 Å². The maximum Gasteiger partial charge on any atom is 0.490 e. The molecule has 6 N–H and O–H groups in total. The first-order chi connectivity index (χ1) is 22.3. The SMILES string of the molecule is CCCCN(CCCC)CCCC.CCCc1cc(=O)n([C@@H]2O[C@H](COP(=O)(O)OP(=O)(O)OP(=O)(O)O)[C@H]3OP(=O)(O)O[C@H]32)c(=O)[nH]1. The largest absolute Gasteiger partial charge is 0.490 e. The molecule has 0 radical (unpaired) electrons. The van der Waals surface area contributed by atoms with Crippen LogP contribution in [-0.4, -0.2) is 83.5 Å². The molecule has 0 aliphatic carbocycles. The molecular weight excluding hydrogens is 726 g/mol. The van der Waals surface area contributed by atoms with E-state index in [1.165, 1.54) is 58.2 Å². The molecule has 1 aromatic heterocycles. The lowest BCUT2D eigenvalue weighted by Crippen LogP contribution is -2.42. The molecule has 2 saturated heterocycles. The quantitative estimate of drug-likeness (QED) is 0.110. The van der Waals surface area contributed by atoms with Gasteiger partial charge in [-0.05, 0) is 45.3 Å². The third kappa shape index (κ3) is 14.4. The van der Waals surface area contributed by atoms with E-state index in [4.69, 9.17) is 23.6 Å². The Morgan fingerprint density at radius 1 is 0.875 bits per heavy atom. The summed E-state index contributed by atoms with van der Waals surface area (Å²) in [6.45, 7) is 11.5. The molecule has 0 amide bonds. The van der Waals surface area contributed by atoms with Gasteiger partial charge in [0, 0.05) is 11.8 Å². The van der Waals surface area contributed by atoms with Crippen LogP contribution >= 0.6 is 31.3 Å². The van der Waals surface area contributed by atoms with Crippen LogP contribution in [0.3, 0.4) is 0 Å². The molecule has 280 valence electrons. The molecule has 2 aliphatic rings. The fourth-order valence-corrected chi connectivity index (χ4v) is 8.95. The van der Waals surface area contributed by atoms with Crippen molar-refractivity contribution in [1.82, 2.24) is 14.5 Å². The summed E-state index contributed by atoms with van der Waals surface area (Å²) in [6, 6.07) is 1.09.